The normalized spacial score (nSPS) is 15.5. The van der Waals surface area contributed by atoms with Crippen molar-refractivity contribution in [3.8, 4) is 0 Å². The van der Waals surface area contributed by atoms with Crippen LogP contribution in [0.4, 0.5) is 5.69 Å². The van der Waals surface area contributed by atoms with Crippen molar-refractivity contribution in [1.29, 1.82) is 0 Å². The molecule has 0 bridgehead atoms. The van der Waals surface area contributed by atoms with Crippen LogP contribution in [0.15, 0.2) is 54.6 Å². The highest BCUT2D eigenvalue weighted by molar-refractivity contribution is 5.94. The van der Waals surface area contributed by atoms with Crippen molar-refractivity contribution >= 4 is 17.5 Å². The van der Waals surface area contributed by atoms with Crippen molar-refractivity contribution < 1.29 is 9.59 Å². The number of nitrogens with one attached hydrogen (secondary N) is 3. The molecule has 1 fully saturated rings. The Morgan fingerprint density at radius 2 is 1.64 bits per heavy atom. The van der Waals surface area contributed by atoms with Crippen LogP contribution in [0, 0.1) is 0 Å². The second kappa shape index (κ2) is 9.93. The summed E-state index contributed by atoms with van der Waals surface area (Å²) in [5, 5.41) is 9.20. The van der Waals surface area contributed by atoms with E-state index in [9.17, 15) is 9.59 Å². The third-order valence-electron chi connectivity index (χ3n) is 5.22. The van der Waals surface area contributed by atoms with Gasteiger partial charge < -0.3 is 16.0 Å². The molecule has 1 aliphatic carbocycles. The summed E-state index contributed by atoms with van der Waals surface area (Å²) in [6.07, 6.45) is 5.80. The van der Waals surface area contributed by atoms with Gasteiger partial charge in [0.15, 0.2) is 0 Å². The molecule has 2 aromatic carbocycles. The Labute approximate surface area is 166 Å². The minimum atomic E-state index is -0.0736. The lowest BCUT2D eigenvalue weighted by molar-refractivity contribution is -0.120. The Morgan fingerprint density at radius 1 is 0.964 bits per heavy atom. The van der Waals surface area contributed by atoms with Crippen LogP contribution in [0.2, 0.25) is 0 Å². The maximum absolute atomic E-state index is 12.4. The van der Waals surface area contributed by atoms with Crippen LogP contribution in [0.5, 0.6) is 0 Å². The lowest BCUT2D eigenvalue weighted by atomic mass is 9.95. The van der Waals surface area contributed by atoms with Gasteiger partial charge in [0.05, 0.1) is 12.6 Å². The summed E-state index contributed by atoms with van der Waals surface area (Å²) in [5.41, 5.74) is 2.54. The first kappa shape index (κ1) is 19.9. The number of carbonyl (C=O) groups excluding carboxylic acids is 2. The topological polar surface area (TPSA) is 70.2 Å². The van der Waals surface area contributed by atoms with Crippen LogP contribution < -0.4 is 16.0 Å². The minimum Gasteiger partial charge on any atom is -0.376 e. The van der Waals surface area contributed by atoms with Gasteiger partial charge in [0.2, 0.25) is 5.91 Å². The quantitative estimate of drug-likeness (QED) is 0.680. The van der Waals surface area contributed by atoms with Crippen LogP contribution in [0.3, 0.4) is 0 Å². The molecular weight excluding hydrogens is 350 g/mol. The lowest BCUT2D eigenvalue weighted by Gasteiger charge is -2.22. The van der Waals surface area contributed by atoms with E-state index >= 15 is 0 Å². The predicted octanol–water partition coefficient (Wildman–Crippen LogP) is 4.04. The molecule has 0 aliphatic heterocycles. The molecule has 0 radical (unpaired) electrons. The highest BCUT2D eigenvalue weighted by Gasteiger charge is 2.16. The fourth-order valence-corrected chi connectivity index (χ4v) is 3.56. The summed E-state index contributed by atoms with van der Waals surface area (Å²) >= 11 is 0. The molecule has 0 aromatic heterocycles. The zero-order valence-corrected chi connectivity index (χ0v) is 16.4. The third-order valence-corrected chi connectivity index (χ3v) is 5.22. The molecule has 1 unspecified atom stereocenters. The molecule has 0 heterocycles. The fraction of sp³-hybridized carbons (Fsp3) is 0.391. The van der Waals surface area contributed by atoms with Crippen LogP contribution in [-0.2, 0) is 4.79 Å². The molecule has 5 nitrogen and oxygen atoms in total. The van der Waals surface area contributed by atoms with Gasteiger partial charge in [-0.15, -0.1) is 0 Å². The summed E-state index contributed by atoms with van der Waals surface area (Å²) in [6, 6.07) is 17.4. The van der Waals surface area contributed by atoms with E-state index < -0.39 is 0 Å². The van der Waals surface area contributed by atoms with E-state index in [1.165, 1.54) is 19.3 Å². The Kier molecular flexibility index (Phi) is 7.06. The molecule has 5 heteroatoms. The Hall–Kier alpha value is -2.82. The molecule has 1 saturated carbocycles. The molecule has 148 valence electrons. The van der Waals surface area contributed by atoms with Gasteiger partial charge in [-0.3, -0.25) is 9.59 Å². The smallest absolute Gasteiger partial charge is 0.251 e. The maximum Gasteiger partial charge on any atom is 0.251 e. The number of amides is 2. The monoisotopic (exact) mass is 379 g/mol. The fourth-order valence-electron chi connectivity index (χ4n) is 3.56. The summed E-state index contributed by atoms with van der Waals surface area (Å²) in [7, 11) is 0. The van der Waals surface area contributed by atoms with Gasteiger partial charge >= 0.3 is 0 Å². The number of hydrogen-bond donors (Lipinski definition) is 3. The van der Waals surface area contributed by atoms with E-state index in [0.29, 0.717) is 11.6 Å². The first-order valence-electron chi connectivity index (χ1n) is 10.1. The molecule has 3 N–H and O–H groups in total. The highest BCUT2D eigenvalue weighted by Crippen LogP contribution is 2.18. The van der Waals surface area contributed by atoms with E-state index in [-0.39, 0.29) is 24.4 Å². The number of benzene rings is 2. The van der Waals surface area contributed by atoms with Crippen molar-refractivity contribution in [2.24, 2.45) is 0 Å². The molecular formula is C23H29N3O2. The van der Waals surface area contributed by atoms with E-state index in [4.69, 9.17) is 0 Å². The minimum absolute atomic E-state index is 0.0205. The Morgan fingerprint density at radius 3 is 2.32 bits per heavy atom. The lowest BCUT2D eigenvalue weighted by Crippen LogP contribution is -2.36. The molecule has 0 saturated heterocycles. The zero-order chi connectivity index (χ0) is 19.8. The average molecular weight is 380 g/mol. The van der Waals surface area contributed by atoms with Crippen molar-refractivity contribution in [3.05, 3.63) is 65.7 Å². The predicted molar refractivity (Wildman–Crippen MR) is 112 cm³/mol. The second-order valence-corrected chi connectivity index (χ2v) is 7.44. The van der Waals surface area contributed by atoms with E-state index in [1.807, 2.05) is 49.4 Å². The van der Waals surface area contributed by atoms with Crippen LogP contribution >= 0.6 is 0 Å². The summed E-state index contributed by atoms with van der Waals surface area (Å²) < 4.78 is 0. The van der Waals surface area contributed by atoms with E-state index in [0.717, 1.165) is 24.1 Å². The standard InChI is InChI=1S/C23H29N3O2/c1-17(18-8-4-2-5-9-18)25-22(27)16-24-20-14-12-19(13-15-20)23(28)26-21-10-6-3-7-11-21/h2,4-5,8-9,12-15,17,21,24H,3,6-7,10-11,16H2,1H3,(H,25,27)(H,26,28). The molecule has 3 rings (SSSR count). The molecule has 2 aromatic rings. The summed E-state index contributed by atoms with van der Waals surface area (Å²) in [5.74, 6) is -0.0941. The van der Waals surface area contributed by atoms with Crippen molar-refractivity contribution in [2.45, 2.75) is 51.1 Å². The number of rotatable bonds is 7. The van der Waals surface area contributed by atoms with Gasteiger partial charge in [-0.2, -0.15) is 0 Å². The van der Waals surface area contributed by atoms with Crippen molar-refractivity contribution in [1.82, 2.24) is 10.6 Å². The Balaban J connectivity index is 1.44. The van der Waals surface area contributed by atoms with Crippen LogP contribution in [0.25, 0.3) is 0 Å². The van der Waals surface area contributed by atoms with Gasteiger partial charge in [0.1, 0.15) is 0 Å². The van der Waals surface area contributed by atoms with Crippen molar-refractivity contribution in [2.75, 3.05) is 11.9 Å². The second-order valence-electron chi connectivity index (χ2n) is 7.44. The largest absolute Gasteiger partial charge is 0.376 e. The molecule has 1 aliphatic rings. The molecule has 28 heavy (non-hydrogen) atoms. The number of anilines is 1. The van der Waals surface area contributed by atoms with Gasteiger partial charge in [-0.25, -0.2) is 0 Å². The van der Waals surface area contributed by atoms with E-state index in [2.05, 4.69) is 16.0 Å². The summed E-state index contributed by atoms with van der Waals surface area (Å²) in [4.78, 5) is 24.5. The average Bonchev–Trinajstić information content (AvgIpc) is 2.74. The van der Waals surface area contributed by atoms with Gasteiger partial charge in [0.25, 0.3) is 5.91 Å². The summed E-state index contributed by atoms with van der Waals surface area (Å²) in [6.45, 7) is 2.15. The molecule has 2 amide bonds. The number of hydrogen-bond acceptors (Lipinski definition) is 3. The molecule has 0 spiro atoms. The van der Waals surface area contributed by atoms with Gasteiger partial charge in [-0.1, -0.05) is 49.6 Å². The first-order chi connectivity index (χ1) is 13.6. The van der Waals surface area contributed by atoms with Gasteiger partial charge in [-0.05, 0) is 49.6 Å². The van der Waals surface area contributed by atoms with Crippen LogP contribution in [-0.4, -0.2) is 24.4 Å². The SMILES string of the molecule is CC(NC(=O)CNc1ccc(C(=O)NC2CCCCC2)cc1)c1ccccc1. The third kappa shape index (κ3) is 5.84. The molecule has 1 atom stereocenters. The van der Waals surface area contributed by atoms with E-state index in [1.54, 1.807) is 12.1 Å². The maximum atomic E-state index is 12.4. The number of carbonyl (C=O) groups is 2. The van der Waals surface area contributed by atoms with Crippen molar-refractivity contribution in [3.63, 3.8) is 0 Å². The Bertz CT molecular complexity index is 768. The van der Waals surface area contributed by atoms with Gasteiger partial charge in [0, 0.05) is 17.3 Å². The first-order valence-corrected chi connectivity index (χ1v) is 10.1. The highest BCUT2D eigenvalue weighted by atomic mass is 16.2. The van der Waals surface area contributed by atoms with Crippen LogP contribution in [0.1, 0.15) is 61.0 Å². The zero-order valence-electron chi connectivity index (χ0n) is 16.4.